The zero-order valence-electron chi connectivity index (χ0n) is 15.9. The lowest BCUT2D eigenvalue weighted by Gasteiger charge is -2.24. The molecule has 2 aliphatic rings. The third-order valence-corrected chi connectivity index (χ3v) is 7.09. The van der Waals surface area contributed by atoms with Gasteiger partial charge in [-0.1, -0.05) is 28.1 Å². The van der Waals surface area contributed by atoms with E-state index in [2.05, 4.69) is 15.9 Å². The fraction of sp³-hybridized carbons (Fsp3) is 0.381. The second-order valence-electron chi connectivity index (χ2n) is 7.75. The van der Waals surface area contributed by atoms with E-state index >= 15 is 0 Å². The largest absolute Gasteiger partial charge is 0.331 e. The number of halogens is 1. The minimum absolute atomic E-state index is 0.00994. The molecule has 1 fully saturated rings. The molecule has 5 nitrogen and oxygen atoms in total. The molecule has 1 saturated carbocycles. The number of hydrogen-bond acceptors (Lipinski definition) is 3. The average Bonchev–Trinajstić information content (AvgIpc) is 3.39. The average molecular weight is 463 g/mol. The van der Waals surface area contributed by atoms with Crippen LogP contribution >= 0.6 is 15.9 Å². The Hall–Kier alpha value is -1.86. The van der Waals surface area contributed by atoms with Crippen molar-refractivity contribution in [2.75, 3.05) is 10.6 Å². The number of carbonyl (C=O) groups excluding carboxylic acids is 1. The van der Waals surface area contributed by atoms with Gasteiger partial charge in [0.2, 0.25) is 10.0 Å². The number of carbonyl (C=O) groups is 1. The maximum Gasteiger partial charge on any atom is 0.254 e. The monoisotopic (exact) mass is 462 g/mol. The fourth-order valence-corrected chi connectivity index (χ4v) is 5.70. The fourth-order valence-electron chi connectivity index (χ4n) is 3.99. The first-order chi connectivity index (χ1) is 13.2. The van der Waals surface area contributed by atoms with E-state index < -0.39 is 10.0 Å². The molecule has 1 aliphatic carbocycles. The van der Waals surface area contributed by atoms with Crippen molar-refractivity contribution in [1.82, 2.24) is 4.90 Å². The van der Waals surface area contributed by atoms with Gasteiger partial charge in [-0.2, -0.15) is 0 Å². The second-order valence-corrected chi connectivity index (χ2v) is 10.5. The molecule has 1 atom stereocenters. The highest BCUT2D eigenvalue weighted by atomic mass is 79.9. The van der Waals surface area contributed by atoms with Gasteiger partial charge in [0, 0.05) is 28.7 Å². The van der Waals surface area contributed by atoms with Crippen LogP contribution in [-0.4, -0.2) is 37.6 Å². The van der Waals surface area contributed by atoms with Gasteiger partial charge in [-0.25, -0.2) is 8.42 Å². The van der Waals surface area contributed by atoms with Crippen molar-refractivity contribution < 1.29 is 13.2 Å². The van der Waals surface area contributed by atoms with Gasteiger partial charge in [0.25, 0.3) is 5.91 Å². The Labute approximate surface area is 174 Å². The maximum atomic E-state index is 13.3. The molecule has 0 bridgehead atoms. The van der Waals surface area contributed by atoms with Crippen LogP contribution in [0.5, 0.6) is 0 Å². The van der Waals surface area contributed by atoms with Gasteiger partial charge in [-0.05, 0) is 67.6 Å². The molecule has 4 rings (SSSR count). The van der Waals surface area contributed by atoms with Crippen molar-refractivity contribution in [1.29, 1.82) is 0 Å². The van der Waals surface area contributed by atoms with E-state index in [1.807, 2.05) is 42.2 Å². The molecule has 0 spiro atoms. The topological polar surface area (TPSA) is 57.7 Å². The summed E-state index contributed by atoms with van der Waals surface area (Å²) in [6, 6.07) is 13.6. The molecule has 148 valence electrons. The number of nitrogens with zero attached hydrogens (tertiary/aromatic N) is 2. The van der Waals surface area contributed by atoms with Crippen LogP contribution in [0.3, 0.4) is 0 Å². The Morgan fingerprint density at radius 3 is 2.61 bits per heavy atom. The molecule has 0 aromatic heterocycles. The van der Waals surface area contributed by atoms with Gasteiger partial charge in [0.05, 0.1) is 11.9 Å². The quantitative estimate of drug-likeness (QED) is 0.675. The van der Waals surface area contributed by atoms with E-state index in [0.29, 0.717) is 24.2 Å². The first kappa shape index (κ1) is 19.5. The second kappa shape index (κ2) is 7.19. The van der Waals surface area contributed by atoms with E-state index in [-0.39, 0.29) is 18.0 Å². The summed E-state index contributed by atoms with van der Waals surface area (Å²) >= 11 is 3.49. The van der Waals surface area contributed by atoms with Crippen LogP contribution in [0.1, 0.15) is 41.3 Å². The Morgan fingerprint density at radius 1 is 1.21 bits per heavy atom. The molecule has 1 aliphatic heterocycles. The van der Waals surface area contributed by atoms with Gasteiger partial charge in [-0.3, -0.25) is 9.10 Å². The summed E-state index contributed by atoms with van der Waals surface area (Å²) in [5, 5.41) is 0. The van der Waals surface area contributed by atoms with Crippen molar-refractivity contribution in [2.24, 2.45) is 0 Å². The highest BCUT2D eigenvalue weighted by Gasteiger charge is 2.35. The van der Waals surface area contributed by atoms with Crippen LogP contribution in [0.25, 0.3) is 0 Å². The van der Waals surface area contributed by atoms with Crippen LogP contribution in [0.4, 0.5) is 5.69 Å². The number of benzene rings is 2. The summed E-state index contributed by atoms with van der Waals surface area (Å²) < 4.78 is 26.7. The van der Waals surface area contributed by atoms with Crippen LogP contribution < -0.4 is 4.31 Å². The highest BCUT2D eigenvalue weighted by Crippen LogP contribution is 2.36. The zero-order valence-corrected chi connectivity index (χ0v) is 18.3. The van der Waals surface area contributed by atoms with Crippen molar-refractivity contribution >= 4 is 37.5 Å². The molecular weight excluding hydrogens is 440 g/mol. The van der Waals surface area contributed by atoms with Gasteiger partial charge < -0.3 is 4.90 Å². The molecule has 7 heteroatoms. The summed E-state index contributed by atoms with van der Waals surface area (Å²) in [5.41, 5.74) is 3.33. The number of fused-ring (bicyclic) bond motifs is 1. The molecule has 1 amide bonds. The van der Waals surface area contributed by atoms with Crippen molar-refractivity contribution in [3.8, 4) is 0 Å². The molecule has 0 radical (unpaired) electrons. The van der Waals surface area contributed by atoms with Crippen molar-refractivity contribution in [3.63, 3.8) is 0 Å². The van der Waals surface area contributed by atoms with E-state index in [9.17, 15) is 13.2 Å². The van der Waals surface area contributed by atoms with Crippen LogP contribution in [0, 0.1) is 0 Å². The van der Waals surface area contributed by atoms with Crippen LogP contribution in [-0.2, 0) is 23.0 Å². The molecule has 2 aromatic rings. The Morgan fingerprint density at radius 2 is 1.96 bits per heavy atom. The van der Waals surface area contributed by atoms with Gasteiger partial charge >= 0.3 is 0 Å². The van der Waals surface area contributed by atoms with Crippen LogP contribution in [0.2, 0.25) is 0 Å². The maximum absolute atomic E-state index is 13.3. The lowest BCUT2D eigenvalue weighted by atomic mass is 10.1. The van der Waals surface area contributed by atoms with E-state index in [0.717, 1.165) is 28.4 Å². The summed E-state index contributed by atoms with van der Waals surface area (Å²) in [7, 11) is -3.33. The summed E-state index contributed by atoms with van der Waals surface area (Å²) in [6.45, 7) is 2.47. The molecule has 1 unspecified atom stereocenters. The lowest BCUT2D eigenvalue weighted by Crippen LogP contribution is -2.34. The molecular formula is C21H23BrN2O3S. The zero-order chi connectivity index (χ0) is 20.1. The summed E-state index contributed by atoms with van der Waals surface area (Å²) in [4.78, 5) is 15.2. The first-order valence-corrected chi connectivity index (χ1v) is 12.1. The molecule has 28 heavy (non-hydrogen) atoms. The van der Waals surface area contributed by atoms with Gasteiger partial charge in [0.1, 0.15) is 0 Å². The number of hydrogen-bond donors (Lipinski definition) is 0. The van der Waals surface area contributed by atoms with E-state index in [1.54, 1.807) is 12.1 Å². The van der Waals surface area contributed by atoms with E-state index in [1.165, 1.54) is 10.6 Å². The normalized spacial score (nSPS) is 18.8. The summed E-state index contributed by atoms with van der Waals surface area (Å²) in [6.07, 6.45) is 3.91. The minimum atomic E-state index is -3.33. The molecule has 2 aromatic carbocycles. The highest BCUT2D eigenvalue weighted by molar-refractivity contribution is 9.10. The van der Waals surface area contributed by atoms with Gasteiger partial charge in [-0.15, -0.1) is 0 Å². The molecule has 0 saturated heterocycles. The molecule has 1 heterocycles. The number of sulfonamides is 1. The predicted molar refractivity (Wildman–Crippen MR) is 114 cm³/mol. The number of amides is 1. The Balaban J connectivity index is 1.61. The number of anilines is 1. The SMILES string of the molecule is CC1Cc2cc(C(=O)N(Cc3cccc(Br)c3)C3CC3)ccc2N1S(C)(=O)=O. The lowest BCUT2D eigenvalue weighted by molar-refractivity contribution is 0.0730. The smallest absolute Gasteiger partial charge is 0.254 e. The third kappa shape index (κ3) is 3.82. The first-order valence-electron chi connectivity index (χ1n) is 9.42. The molecule has 0 N–H and O–H groups in total. The van der Waals surface area contributed by atoms with Crippen molar-refractivity contribution in [2.45, 2.75) is 44.8 Å². The van der Waals surface area contributed by atoms with Gasteiger partial charge in [0.15, 0.2) is 0 Å². The predicted octanol–water partition coefficient (Wildman–Crippen LogP) is 3.96. The third-order valence-electron chi connectivity index (χ3n) is 5.33. The Kier molecular flexibility index (Phi) is 5.00. The van der Waals surface area contributed by atoms with Crippen LogP contribution in [0.15, 0.2) is 46.9 Å². The summed E-state index contributed by atoms with van der Waals surface area (Å²) in [5.74, 6) is 0.00994. The number of rotatable bonds is 5. The standard InChI is InChI=1S/C21H23BrN2O3S/c1-14-10-17-12-16(6-9-20(17)24(14)28(2,26)27)21(25)23(19-7-8-19)13-15-4-3-5-18(22)11-15/h3-6,9,11-12,14,19H,7-8,10,13H2,1-2H3. The van der Waals surface area contributed by atoms with E-state index in [4.69, 9.17) is 0 Å². The minimum Gasteiger partial charge on any atom is -0.331 e. The van der Waals surface area contributed by atoms with Crippen molar-refractivity contribution in [3.05, 3.63) is 63.6 Å². The Bertz CT molecular complexity index is 1030.